The van der Waals surface area contributed by atoms with Crippen molar-refractivity contribution >= 4 is 16.8 Å². The summed E-state index contributed by atoms with van der Waals surface area (Å²) in [6.07, 6.45) is 5.22. The Balaban J connectivity index is 1.50. The second-order valence-electron chi connectivity index (χ2n) is 8.26. The molecule has 162 valence electrons. The first kappa shape index (κ1) is 20.3. The van der Waals surface area contributed by atoms with E-state index in [9.17, 15) is 9.18 Å². The first-order valence-corrected chi connectivity index (χ1v) is 10.7. The van der Waals surface area contributed by atoms with E-state index in [1.54, 1.807) is 30.6 Å². The number of carbonyl (C=O) groups is 1. The Labute approximate surface area is 185 Å². The fraction of sp³-hybridized carbons (Fsp3) is 0.240. The molecule has 0 unspecified atom stereocenters. The van der Waals surface area contributed by atoms with Crippen LogP contribution in [-0.2, 0) is 0 Å². The van der Waals surface area contributed by atoms with Gasteiger partial charge in [0, 0.05) is 66.8 Å². The maximum absolute atomic E-state index is 14.1. The average molecular weight is 429 g/mol. The zero-order valence-electron chi connectivity index (χ0n) is 18.1. The fourth-order valence-electron chi connectivity index (χ4n) is 4.17. The summed E-state index contributed by atoms with van der Waals surface area (Å²) in [6, 6.07) is 12.4. The molecule has 0 N–H and O–H groups in total. The van der Waals surface area contributed by atoms with Crippen LogP contribution in [0.2, 0.25) is 0 Å². The molecule has 0 aliphatic carbocycles. The lowest BCUT2D eigenvalue weighted by atomic mass is 10.1. The maximum Gasteiger partial charge on any atom is 0.254 e. The van der Waals surface area contributed by atoms with Crippen molar-refractivity contribution in [1.82, 2.24) is 24.3 Å². The van der Waals surface area contributed by atoms with Crippen LogP contribution in [0.25, 0.3) is 28.0 Å². The third-order valence-corrected chi connectivity index (χ3v) is 6.08. The third-order valence-electron chi connectivity index (χ3n) is 6.08. The van der Waals surface area contributed by atoms with Gasteiger partial charge in [-0.25, -0.2) is 14.4 Å². The minimum atomic E-state index is -0.307. The number of amides is 1. The summed E-state index contributed by atoms with van der Waals surface area (Å²) >= 11 is 0. The molecule has 2 aromatic heterocycles. The molecule has 6 nitrogen and oxygen atoms in total. The number of halogens is 1. The minimum absolute atomic E-state index is 0.0428. The lowest BCUT2D eigenvalue weighted by Gasteiger charge is -2.32. The molecule has 1 aliphatic heterocycles. The monoisotopic (exact) mass is 429 g/mol. The number of hydrogen-bond acceptors (Lipinski definition) is 4. The van der Waals surface area contributed by atoms with Crippen molar-refractivity contribution in [3.63, 3.8) is 0 Å². The van der Waals surface area contributed by atoms with Gasteiger partial charge in [0.25, 0.3) is 5.91 Å². The molecule has 3 heterocycles. The largest absolute Gasteiger partial charge is 0.336 e. The SMILES string of the molecule is Cc1cn(-c2ncc(-c3ccccc3F)cn2)c2cc(C(=O)N3CCN(C)CC3)ccc12. The highest BCUT2D eigenvalue weighted by Gasteiger charge is 2.21. The summed E-state index contributed by atoms with van der Waals surface area (Å²) in [5.41, 5.74) is 3.68. The van der Waals surface area contributed by atoms with Crippen molar-refractivity contribution in [3.8, 4) is 17.1 Å². The van der Waals surface area contributed by atoms with Crippen molar-refractivity contribution in [2.75, 3.05) is 33.2 Å². The van der Waals surface area contributed by atoms with Crippen LogP contribution in [0.5, 0.6) is 0 Å². The summed E-state index contributed by atoms with van der Waals surface area (Å²) < 4.78 is 16.0. The lowest BCUT2D eigenvalue weighted by molar-refractivity contribution is 0.0664. The van der Waals surface area contributed by atoms with Crippen LogP contribution in [0.3, 0.4) is 0 Å². The van der Waals surface area contributed by atoms with Gasteiger partial charge in [-0.3, -0.25) is 9.36 Å². The number of aryl methyl sites for hydroxylation is 1. The first-order chi connectivity index (χ1) is 15.5. The molecule has 0 atom stereocenters. The average Bonchev–Trinajstić information content (AvgIpc) is 3.15. The molecule has 1 saturated heterocycles. The van der Waals surface area contributed by atoms with Crippen LogP contribution < -0.4 is 0 Å². The molecule has 32 heavy (non-hydrogen) atoms. The van der Waals surface area contributed by atoms with Crippen LogP contribution in [0.15, 0.2) is 61.1 Å². The molecule has 2 aromatic carbocycles. The Morgan fingerprint density at radius 1 is 1.00 bits per heavy atom. The Morgan fingerprint density at radius 3 is 2.44 bits per heavy atom. The second kappa shape index (κ2) is 8.16. The van der Waals surface area contributed by atoms with E-state index in [4.69, 9.17) is 0 Å². The molecule has 0 saturated carbocycles. The van der Waals surface area contributed by atoms with Crippen LogP contribution in [0, 0.1) is 12.7 Å². The first-order valence-electron chi connectivity index (χ1n) is 10.7. The fourth-order valence-corrected chi connectivity index (χ4v) is 4.17. The van der Waals surface area contributed by atoms with Gasteiger partial charge in [-0.2, -0.15) is 0 Å². The van der Waals surface area contributed by atoms with E-state index in [1.165, 1.54) is 6.07 Å². The molecule has 1 amide bonds. The van der Waals surface area contributed by atoms with Gasteiger partial charge < -0.3 is 9.80 Å². The number of carbonyl (C=O) groups excluding carboxylic acids is 1. The summed E-state index contributed by atoms with van der Waals surface area (Å²) in [7, 11) is 2.07. The number of piperazine rings is 1. The van der Waals surface area contributed by atoms with Crippen LogP contribution in [0.4, 0.5) is 4.39 Å². The highest BCUT2D eigenvalue weighted by molar-refractivity contribution is 5.99. The topological polar surface area (TPSA) is 54.3 Å². The van der Waals surface area contributed by atoms with Gasteiger partial charge in [0.05, 0.1) is 5.52 Å². The number of hydrogen-bond donors (Lipinski definition) is 0. The summed E-state index contributed by atoms with van der Waals surface area (Å²) in [5, 5.41) is 1.04. The predicted octanol–water partition coefficient (Wildman–Crippen LogP) is 3.92. The second-order valence-corrected chi connectivity index (χ2v) is 8.26. The van der Waals surface area contributed by atoms with Gasteiger partial charge in [0.15, 0.2) is 0 Å². The number of fused-ring (bicyclic) bond motifs is 1. The van der Waals surface area contributed by atoms with E-state index in [0.717, 1.165) is 42.6 Å². The quantitative estimate of drug-likeness (QED) is 0.495. The third kappa shape index (κ3) is 3.65. The van der Waals surface area contributed by atoms with Crippen molar-refractivity contribution in [3.05, 3.63) is 78.0 Å². The number of likely N-dealkylation sites (N-methyl/N-ethyl adjacent to an activating group) is 1. The minimum Gasteiger partial charge on any atom is -0.336 e. The Hall–Kier alpha value is -3.58. The van der Waals surface area contributed by atoms with E-state index in [2.05, 4.69) is 21.9 Å². The van der Waals surface area contributed by atoms with Gasteiger partial charge in [-0.15, -0.1) is 0 Å². The van der Waals surface area contributed by atoms with Gasteiger partial charge in [-0.1, -0.05) is 24.3 Å². The number of nitrogens with zero attached hydrogens (tertiary/aromatic N) is 5. The van der Waals surface area contributed by atoms with Gasteiger partial charge in [0.1, 0.15) is 5.82 Å². The predicted molar refractivity (Wildman–Crippen MR) is 122 cm³/mol. The van der Waals surface area contributed by atoms with E-state index in [1.807, 2.05) is 40.8 Å². The molecule has 0 radical (unpaired) electrons. The van der Waals surface area contributed by atoms with Crippen LogP contribution in [-0.4, -0.2) is 63.5 Å². The highest BCUT2D eigenvalue weighted by atomic mass is 19.1. The summed E-state index contributed by atoms with van der Waals surface area (Å²) in [5.74, 6) is 0.215. The molecule has 1 fully saturated rings. The Morgan fingerprint density at radius 2 is 1.72 bits per heavy atom. The molecule has 7 heteroatoms. The van der Waals surface area contributed by atoms with E-state index in [0.29, 0.717) is 22.6 Å². The standard InChI is InChI=1S/C25H24FN5O/c1-17-16-31(25-27-14-19(15-28-25)21-5-3-4-6-22(21)26)23-13-18(7-8-20(17)23)24(32)30-11-9-29(2)10-12-30/h3-8,13-16H,9-12H2,1-2H3. The van der Waals surface area contributed by atoms with Gasteiger partial charge >= 0.3 is 0 Å². The number of aromatic nitrogens is 3. The van der Waals surface area contributed by atoms with Crippen LogP contribution in [0.1, 0.15) is 15.9 Å². The molecule has 5 rings (SSSR count). The lowest BCUT2D eigenvalue weighted by Crippen LogP contribution is -2.47. The Bertz CT molecular complexity index is 1290. The number of benzene rings is 2. The van der Waals surface area contributed by atoms with Crippen molar-refractivity contribution in [2.45, 2.75) is 6.92 Å². The zero-order valence-corrected chi connectivity index (χ0v) is 18.1. The van der Waals surface area contributed by atoms with Gasteiger partial charge in [0.2, 0.25) is 5.95 Å². The molecular formula is C25H24FN5O. The Kier molecular flexibility index (Phi) is 5.19. The van der Waals surface area contributed by atoms with Crippen molar-refractivity contribution in [2.24, 2.45) is 0 Å². The zero-order chi connectivity index (χ0) is 22.2. The van der Waals surface area contributed by atoms with Gasteiger partial charge in [-0.05, 0) is 37.7 Å². The smallest absolute Gasteiger partial charge is 0.254 e. The normalized spacial score (nSPS) is 14.8. The van der Waals surface area contributed by atoms with E-state index < -0.39 is 0 Å². The molecule has 4 aromatic rings. The highest BCUT2D eigenvalue weighted by Crippen LogP contribution is 2.26. The summed E-state index contributed by atoms with van der Waals surface area (Å²) in [6.45, 7) is 5.24. The van der Waals surface area contributed by atoms with Crippen LogP contribution >= 0.6 is 0 Å². The molecule has 0 bridgehead atoms. The van der Waals surface area contributed by atoms with E-state index >= 15 is 0 Å². The van der Waals surface area contributed by atoms with Crippen molar-refractivity contribution in [1.29, 1.82) is 0 Å². The number of rotatable bonds is 3. The summed E-state index contributed by atoms with van der Waals surface area (Å²) in [4.78, 5) is 26.2. The maximum atomic E-state index is 14.1. The van der Waals surface area contributed by atoms with E-state index in [-0.39, 0.29) is 11.7 Å². The molecular weight excluding hydrogens is 405 g/mol. The molecule has 0 spiro atoms. The molecule has 1 aliphatic rings. The van der Waals surface area contributed by atoms with Crippen molar-refractivity contribution < 1.29 is 9.18 Å².